The third kappa shape index (κ3) is 2.45. The molecule has 0 saturated heterocycles. The summed E-state index contributed by atoms with van der Waals surface area (Å²) in [5.41, 5.74) is 1.08. The van der Waals surface area contributed by atoms with Crippen molar-refractivity contribution in [1.82, 2.24) is 4.98 Å². The average Bonchev–Trinajstić information content (AvgIpc) is 2.15. The first-order chi connectivity index (χ1) is 6.63. The third-order valence-electron chi connectivity index (χ3n) is 1.63. The van der Waals surface area contributed by atoms with Crippen molar-refractivity contribution in [2.45, 2.75) is 6.92 Å². The number of carboxylic acids is 1. The standard InChI is InChI=1S/C9H9N3O2/c1-6-7(4-10)2-3-8(12-6)11-5-9(13)14/h2-3H,5H2,1H3,(H,11,12)(H,13,14). The first kappa shape index (κ1) is 9.99. The Bertz CT molecular complexity index is 396. The van der Waals surface area contributed by atoms with Crippen LogP contribution < -0.4 is 5.32 Å². The van der Waals surface area contributed by atoms with E-state index in [0.29, 0.717) is 17.1 Å². The van der Waals surface area contributed by atoms with Crippen molar-refractivity contribution in [3.05, 3.63) is 23.4 Å². The second-order valence-electron chi connectivity index (χ2n) is 2.69. The molecule has 0 aromatic carbocycles. The van der Waals surface area contributed by atoms with Gasteiger partial charge < -0.3 is 10.4 Å². The van der Waals surface area contributed by atoms with Gasteiger partial charge in [0.1, 0.15) is 18.4 Å². The number of nitrogens with zero attached hydrogens (tertiary/aromatic N) is 2. The zero-order valence-corrected chi connectivity index (χ0v) is 7.61. The van der Waals surface area contributed by atoms with Crippen LogP contribution in [0.4, 0.5) is 5.82 Å². The van der Waals surface area contributed by atoms with E-state index in [1.807, 2.05) is 6.07 Å². The van der Waals surface area contributed by atoms with Crippen LogP contribution in [0, 0.1) is 18.3 Å². The molecule has 0 radical (unpaired) electrons. The van der Waals surface area contributed by atoms with E-state index in [1.54, 1.807) is 19.1 Å². The van der Waals surface area contributed by atoms with E-state index in [9.17, 15) is 4.79 Å². The molecular formula is C9H9N3O2. The number of rotatable bonds is 3. The summed E-state index contributed by atoms with van der Waals surface area (Å²) in [5.74, 6) is -0.488. The molecule has 0 aliphatic heterocycles. The summed E-state index contributed by atoms with van der Waals surface area (Å²) in [6, 6.07) is 5.16. The minimum absolute atomic E-state index is 0.182. The Morgan fingerprint density at radius 2 is 2.43 bits per heavy atom. The van der Waals surface area contributed by atoms with Crippen molar-refractivity contribution in [3.63, 3.8) is 0 Å². The van der Waals surface area contributed by atoms with E-state index in [2.05, 4.69) is 10.3 Å². The van der Waals surface area contributed by atoms with E-state index < -0.39 is 5.97 Å². The number of anilines is 1. The average molecular weight is 191 g/mol. The molecule has 0 saturated carbocycles. The van der Waals surface area contributed by atoms with Gasteiger partial charge in [-0.15, -0.1) is 0 Å². The molecule has 0 atom stereocenters. The molecule has 0 fully saturated rings. The van der Waals surface area contributed by atoms with Gasteiger partial charge in [0.25, 0.3) is 0 Å². The van der Waals surface area contributed by atoms with Gasteiger partial charge in [0.2, 0.25) is 0 Å². The van der Waals surface area contributed by atoms with Gasteiger partial charge in [-0.3, -0.25) is 4.79 Å². The van der Waals surface area contributed by atoms with Gasteiger partial charge in [0.05, 0.1) is 11.3 Å². The lowest BCUT2D eigenvalue weighted by Gasteiger charge is -2.03. The molecule has 0 bridgehead atoms. The van der Waals surface area contributed by atoms with Gasteiger partial charge in [-0.2, -0.15) is 5.26 Å². The van der Waals surface area contributed by atoms with E-state index >= 15 is 0 Å². The second-order valence-corrected chi connectivity index (χ2v) is 2.69. The van der Waals surface area contributed by atoms with Gasteiger partial charge in [-0.1, -0.05) is 0 Å². The highest BCUT2D eigenvalue weighted by atomic mass is 16.4. The van der Waals surface area contributed by atoms with Crippen LogP contribution in [0.25, 0.3) is 0 Å². The largest absolute Gasteiger partial charge is 0.480 e. The van der Waals surface area contributed by atoms with Crippen molar-refractivity contribution in [1.29, 1.82) is 5.26 Å². The van der Waals surface area contributed by atoms with E-state index in [1.165, 1.54) is 0 Å². The van der Waals surface area contributed by atoms with Gasteiger partial charge in [0, 0.05) is 0 Å². The van der Waals surface area contributed by atoms with Gasteiger partial charge >= 0.3 is 5.97 Å². The summed E-state index contributed by atoms with van der Waals surface area (Å²) in [4.78, 5) is 14.3. The van der Waals surface area contributed by atoms with Crippen LogP contribution in [-0.4, -0.2) is 22.6 Å². The maximum atomic E-state index is 10.2. The lowest BCUT2D eigenvalue weighted by atomic mass is 10.2. The van der Waals surface area contributed by atoms with Gasteiger partial charge in [0.15, 0.2) is 0 Å². The van der Waals surface area contributed by atoms with Crippen molar-refractivity contribution in [2.24, 2.45) is 0 Å². The molecule has 1 aromatic rings. The molecule has 0 spiro atoms. The number of nitriles is 1. The minimum Gasteiger partial charge on any atom is -0.480 e. The number of hydrogen-bond acceptors (Lipinski definition) is 4. The first-order valence-corrected chi connectivity index (χ1v) is 3.97. The number of carbonyl (C=O) groups is 1. The molecule has 5 nitrogen and oxygen atoms in total. The predicted molar refractivity (Wildman–Crippen MR) is 49.8 cm³/mol. The molecule has 2 N–H and O–H groups in total. The number of aromatic nitrogens is 1. The summed E-state index contributed by atoms with van der Waals surface area (Å²) < 4.78 is 0. The molecule has 0 aliphatic carbocycles. The van der Waals surface area contributed by atoms with Crippen LogP contribution in [0.5, 0.6) is 0 Å². The maximum absolute atomic E-state index is 10.2. The Kier molecular flexibility index (Phi) is 3.02. The first-order valence-electron chi connectivity index (χ1n) is 3.97. The lowest BCUT2D eigenvalue weighted by Crippen LogP contribution is -2.13. The normalized spacial score (nSPS) is 9.14. The highest BCUT2D eigenvalue weighted by Crippen LogP contribution is 2.08. The molecule has 72 valence electrons. The fourth-order valence-corrected chi connectivity index (χ4v) is 0.944. The number of nitrogens with one attached hydrogen (secondary N) is 1. The number of aliphatic carboxylic acids is 1. The van der Waals surface area contributed by atoms with Crippen LogP contribution in [0.15, 0.2) is 12.1 Å². The zero-order chi connectivity index (χ0) is 10.6. The predicted octanol–water partition coefficient (Wildman–Crippen LogP) is 0.758. The summed E-state index contributed by atoms with van der Waals surface area (Å²) >= 11 is 0. The highest BCUT2D eigenvalue weighted by molar-refractivity contribution is 5.72. The summed E-state index contributed by atoms with van der Waals surface area (Å²) in [6.07, 6.45) is 0. The Labute approximate surface area is 81.0 Å². The molecule has 0 aliphatic rings. The van der Waals surface area contributed by atoms with Crippen LogP contribution in [0.1, 0.15) is 11.3 Å². The number of aryl methyl sites for hydroxylation is 1. The van der Waals surface area contributed by atoms with Gasteiger partial charge in [-0.05, 0) is 19.1 Å². The van der Waals surface area contributed by atoms with Crippen LogP contribution in [0.3, 0.4) is 0 Å². The minimum atomic E-state index is -0.950. The van der Waals surface area contributed by atoms with Crippen molar-refractivity contribution in [2.75, 3.05) is 11.9 Å². The SMILES string of the molecule is Cc1nc(NCC(=O)O)ccc1C#N. The molecular weight excluding hydrogens is 182 g/mol. The van der Waals surface area contributed by atoms with Crippen LogP contribution in [-0.2, 0) is 4.79 Å². The Morgan fingerprint density at radius 3 is 2.93 bits per heavy atom. The summed E-state index contributed by atoms with van der Waals surface area (Å²) in [5, 5.41) is 19.6. The number of pyridine rings is 1. The van der Waals surface area contributed by atoms with Crippen LogP contribution in [0.2, 0.25) is 0 Å². The Balaban J connectivity index is 2.77. The topological polar surface area (TPSA) is 86.0 Å². The summed E-state index contributed by atoms with van der Waals surface area (Å²) in [6.45, 7) is 1.52. The van der Waals surface area contributed by atoms with E-state index in [0.717, 1.165) is 0 Å². The molecule has 1 heterocycles. The van der Waals surface area contributed by atoms with Crippen LogP contribution >= 0.6 is 0 Å². The number of hydrogen-bond donors (Lipinski definition) is 2. The highest BCUT2D eigenvalue weighted by Gasteiger charge is 2.01. The fraction of sp³-hybridized carbons (Fsp3) is 0.222. The third-order valence-corrected chi connectivity index (χ3v) is 1.63. The lowest BCUT2D eigenvalue weighted by molar-refractivity contribution is -0.134. The maximum Gasteiger partial charge on any atom is 0.322 e. The quantitative estimate of drug-likeness (QED) is 0.736. The van der Waals surface area contributed by atoms with Gasteiger partial charge in [-0.25, -0.2) is 4.98 Å². The summed E-state index contributed by atoms with van der Waals surface area (Å²) in [7, 11) is 0. The fourth-order valence-electron chi connectivity index (χ4n) is 0.944. The van der Waals surface area contributed by atoms with Crippen molar-refractivity contribution < 1.29 is 9.90 Å². The van der Waals surface area contributed by atoms with Crippen molar-refractivity contribution >= 4 is 11.8 Å². The monoisotopic (exact) mass is 191 g/mol. The molecule has 1 aromatic heterocycles. The molecule has 5 heteroatoms. The van der Waals surface area contributed by atoms with E-state index in [-0.39, 0.29) is 6.54 Å². The molecule has 0 unspecified atom stereocenters. The molecule has 0 amide bonds. The molecule has 1 rings (SSSR count). The zero-order valence-electron chi connectivity index (χ0n) is 7.61. The van der Waals surface area contributed by atoms with E-state index in [4.69, 9.17) is 10.4 Å². The molecule has 14 heavy (non-hydrogen) atoms. The van der Waals surface area contributed by atoms with Crippen molar-refractivity contribution in [3.8, 4) is 6.07 Å². The number of carboxylic acid groups (broad SMARTS) is 1. The smallest absolute Gasteiger partial charge is 0.322 e. The Morgan fingerprint density at radius 1 is 1.71 bits per heavy atom. The second kappa shape index (κ2) is 4.23. The Hall–Kier alpha value is -2.09.